The second-order valence-electron chi connectivity index (χ2n) is 10.9. The topological polar surface area (TPSA) is 46.9 Å². The van der Waals surface area contributed by atoms with E-state index in [2.05, 4.69) is 66.9 Å². The molecular weight excluding hydrogens is 486 g/mol. The number of nitrogens with zero attached hydrogens (tertiary/aromatic N) is 3. The molecule has 1 unspecified atom stereocenters. The molecule has 2 aromatic carbocycles. The number of halogens is 1. The van der Waals surface area contributed by atoms with Gasteiger partial charge in [-0.25, -0.2) is 0 Å². The Bertz CT molecular complexity index is 1250. The number of carbonyl (C=O) groups is 1. The minimum Gasteiger partial charge on any atom is -0.492 e. The molecule has 1 saturated heterocycles. The number of rotatable bonds is 7. The van der Waals surface area contributed by atoms with E-state index in [1.165, 1.54) is 16.5 Å². The fourth-order valence-corrected chi connectivity index (χ4v) is 5.90. The Hall–Kier alpha value is -2.54. The maximum absolute atomic E-state index is 13.8. The summed E-state index contributed by atoms with van der Waals surface area (Å²) in [7, 11) is 2.07. The van der Waals surface area contributed by atoms with E-state index in [1.54, 1.807) is 0 Å². The van der Waals surface area contributed by atoms with Crippen molar-refractivity contribution in [2.75, 3.05) is 32.8 Å². The number of benzene rings is 2. The molecule has 198 valence electrons. The molecule has 1 fully saturated rings. The molecule has 1 amide bonds. The van der Waals surface area contributed by atoms with Crippen LogP contribution in [-0.4, -0.2) is 59.2 Å². The van der Waals surface area contributed by atoms with Crippen molar-refractivity contribution in [3.05, 3.63) is 64.3 Å². The SMILES string of the molecule is CC(C)CN(Cc1cc(Cl)c2c(c1)CCCCO2)C(=O)C1CN(Cc2cccc3c2ccn3C)CCO1. The molecule has 2 aliphatic rings. The normalized spacial score (nSPS) is 18.5. The molecule has 1 atom stereocenters. The van der Waals surface area contributed by atoms with E-state index in [1.807, 2.05) is 11.0 Å². The summed E-state index contributed by atoms with van der Waals surface area (Å²) in [6.07, 6.45) is 4.71. The lowest BCUT2D eigenvalue weighted by molar-refractivity contribution is -0.151. The average molecular weight is 524 g/mol. The average Bonchev–Trinajstić information content (AvgIpc) is 3.09. The van der Waals surface area contributed by atoms with Gasteiger partial charge in [-0.3, -0.25) is 9.69 Å². The quantitative estimate of drug-likeness (QED) is 0.414. The zero-order valence-electron chi connectivity index (χ0n) is 22.2. The first-order valence-electron chi connectivity index (χ1n) is 13.5. The molecule has 1 aromatic heterocycles. The number of hydrogen-bond acceptors (Lipinski definition) is 4. The van der Waals surface area contributed by atoms with Crippen molar-refractivity contribution in [2.45, 2.75) is 52.3 Å². The number of aryl methyl sites for hydroxylation is 2. The lowest BCUT2D eigenvalue weighted by Crippen LogP contribution is -2.51. The fourth-order valence-electron chi connectivity index (χ4n) is 5.58. The van der Waals surface area contributed by atoms with Gasteiger partial charge in [0.25, 0.3) is 5.91 Å². The van der Waals surface area contributed by atoms with Gasteiger partial charge in [-0.2, -0.15) is 0 Å². The Morgan fingerprint density at radius 2 is 2.05 bits per heavy atom. The largest absolute Gasteiger partial charge is 0.492 e. The summed E-state index contributed by atoms with van der Waals surface area (Å²) >= 11 is 6.62. The zero-order chi connectivity index (χ0) is 25.9. The molecule has 0 aliphatic carbocycles. The van der Waals surface area contributed by atoms with Crippen LogP contribution in [0, 0.1) is 5.92 Å². The molecule has 0 bridgehead atoms. The Balaban J connectivity index is 1.31. The van der Waals surface area contributed by atoms with Crippen molar-refractivity contribution in [3.8, 4) is 5.75 Å². The Morgan fingerprint density at radius 1 is 1.19 bits per heavy atom. The van der Waals surface area contributed by atoms with Crippen molar-refractivity contribution >= 4 is 28.4 Å². The molecule has 0 radical (unpaired) electrons. The second-order valence-corrected chi connectivity index (χ2v) is 11.3. The maximum atomic E-state index is 13.8. The summed E-state index contributed by atoms with van der Waals surface area (Å²) in [5, 5.41) is 1.91. The molecule has 7 heteroatoms. The molecule has 3 heterocycles. The summed E-state index contributed by atoms with van der Waals surface area (Å²) in [5.41, 5.74) is 4.71. The van der Waals surface area contributed by atoms with E-state index in [0.29, 0.717) is 43.8 Å². The Labute approximate surface area is 225 Å². The number of hydrogen-bond donors (Lipinski definition) is 0. The summed E-state index contributed by atoms with van der Waals surface area (Å²) in [4.78, 5) is 18.1. The van der Waals surface area contributed by atoms with Gasteiger partial charge in [0, 0.05) is 56.9 Å². The van der Waals surface area contributed by atoms with Crippen molar-refractivity contribution in [1.82, 2.24) is 14.4 Å². The monoisotopic (exact) mass is 523 g/mol. The van der Waals surface area contributed by atoms with Crippen LogP contribution in [-0.2, 0) is 36.1 Å². The molecule has 5 rings (SSSR count). The van der Waals surface area contributed by atoms with Crippen LogP contribution in [0.25, 0.3) is 10.9 Å². The van der Waals surface area contributed by atoms with Gasteiger partial charge < -0.3 is 18.9 Å². The first-order valence-corrected chi connectivity index (χ1v) is 13.9. The number of morpholine rings is 1. The van der Waals surface area contributed by atoms with Gasteiger partial charge in [0.1, 0.15) is 11.9 Å². The number of fused-ring (bicyclic) bond motifs is 2. The number of carbonyl (C=O) groups excluding carboxylic acids is 1. The smallest absolute Gasteiger partial charge is 0.253 e. The van der Waals surface area contributed by atoms with Crippen LogP contribution in [0.15, 0.2) is 42.6 Å². The van der Waals surface area contributed by atoms with Crippen molar-refractivity contribution in [3.63, 3.8) is 0 Å². The van der Waals surface area contributed by atoms with Crippen LogP contribution in [0.2, 0.25) is 5.02 Å². The zero-order valence-corrected chi connectivity index (χ0v) is 23.0. The van der Waals surface area contributed by atoms with Gasteiger partial charge in [-0.15, -0.1) is 0 Å². The first-order chi connectivity index (χ1) is 17.9. The lowest BCUT2D eigenvalue weighted by Gasteiger charge is -2.35. The van der Waals surface area contributed by atoms with Crippen LogP contribution in [0.5, 0.6) is 5.75 Å². The van der Waals surface area contributed by atoms with Crippen molar-refractivity contribution < 1.29 is 14.3 Å². The maximum Gasteiger partial charge on any atom is 0.253 e. The van der Waals surface area contributed by atoms with Gasteiger partial charge in [0.15, 0.2) is 0 Å². The summed E-state index contributed by atoms with van der Waals surface area (Å²) in [6.45, 7) is 8.96. The molecule has 2 aliphatic heterocycles. The minimum atomic E-state index is -0.470. The van der Waals surface area contributed by atoms with E-state index >= 15 is 0 Å². The van der Waals surface area contributed by atoms with Crippen LogP contribution in [0.1, 0.15) is 43.4 Å². The van der Waals surface area contributed by atoms with E-state index in [-0.39, 0.29) is 5.91 Å². The summed E-state index contributed by atoms with van der Waals surface area (Å²) in [6, 6.07) is 12.7. The van der Waals surface area contributed by atoms with Crippen molar-refractivity contribution in [2.24, 2.45) is 13.0 Å². The highest BCUT2D eigenvalue weighted by Gasteiger charge is 2.31. The number of ether oxygens (including phenoxy) is 2. The van der Waals surface area contributed by atoms with E-state index in [9.17, 15) is 4.79 Å². The summed E-state index contributed by atoms with van der Waals surface area (Å²) < 4.78 is 14.1. The molecule has 0 spiro atoms. The number of aromatic nitrogens is 1. The predicted molar refractivity (Wildman–Crippen MR) is 148 cm³/mol. The standard InChI is InChI=1S/C30H38ClN3O3/c1-21(2)17-34(18-22-15-23-7-4-5-13-37-29(23)26(31)16-22)30(35)28-20-33(12-14-36-28)19-24-8-6-9-27-25(24)10-11-32(27)3/h6,8-11,15-16,21,28H,4-5,7,12-14,17-20H2,1-3H3. The highest BCUT2D eigenvalue weighted by molar-refractivity contribution is 6.32. The van der Waals surface area contributed by atoms with Crippen LogP contribution in [0.4, 0.5) is 0 Å². The highest BCUT2D eigenvalue weighted by atomic mass is 35.5. The molecule has 3 aromatic rings. The van der Waals surface area contributed by atoms with Gasteiger partial charge in [-0.1, -0.05) is 43.6 Å². The molecule has 0 N–H and O–H groups in total. The molecule has 6 nitrogen and oxygen atoms in total. The third-order valence-corrected chi connectivity index (χ3v) is 7.66. The minimum absolute atomic E-state index is 0.0543. The second kappa shape index (κ2) is 11.5. The van der Waals surface area contributed by atoms with E-state index in [0.717, 1.165) is 49.2 Å². The van der Waals surface area contributed by atoms with Crippen LogP contribution < -0.4 is 4.74 Å². The molecular formula is C30H38ClN3O3. The molecule has 37 heavy (non-hydrogen) atoms. The van der Waals surface area contributed by atoms with E-state index < -0.39 is 6.10 Å². The van der Waals surface area contributed by atoms with Gasteiger partial charge >= 0.3 is 0 Å². The predicted octanol–water partition coefficient (Wildman–Crippen LogP) is 5.43. The third-order valence-electron chi connectivity index (χ3n) is 7.38. The fraction of sp³-hybridized carbons (Fsp3) is 0.500. The highest BCUT2D eigenvalue weighted by Crippen LogP contribution is 2.34. The Kier molecular flexibility index (Phi) is 8.08. The lowest BCUT2D eigenvalue weighted by atomic mass is 10.0. The van der Waals surface area contributed by atoms with Gasteiger partial charge in [0.2, 0.25) is 0 Å². The van der Waals surface area contributed by atoms with Crippen molar-refractivity contribution in [1.29, 1.82) is 0 Å². The van der Waals surface area contributed by atoms with Crippen LogP contribution in [0.3, 0.4) is 0 Å². The van der Waals surface area contributed by atoms with Gasteiger partial charge in [-0.05, 0) is 60.1 Å². The van der Waals surface area contributed by atoms with Gasteiger partial charge in [0.05, 0.1) is 18.2 Å². The first kappa shape index (κ1) is 26.1. The van der Waals surface area contributed by atoms with Crippen LogP contribution >= 0.6 is 11.6 Å². The Morgan fingerprint density at radius 3 is 2.89 bits per heavy atom. The molecule has 0 saturated carbocycles. The number of amides is 1. The van der Waals surface area contributed by atoms with E-state index in [4.69, 9.17) is 21.1 Å². The summed E-state index contributed by atoms with van der Waals surface area (Å²) in [5.74, 6) is 1.21. The third kappa shape index (κ3) is 5.97.